The lowest BCUT2D eigenvalue weighted by Crippen LogP contribution is -1.98. The maximum atomic E-state index is 6.10. The predicted molar refractivity (Wildman–Crippen MR) is 92.3 cm³/mol. The van der Waals surface area contributed by atoms with Crippen LogP contribution >= 0.6 is 39.1 Å². The third-order valence-electron chi connectivity index (χ3n) is 3.23. The molecule has 0 radical (unpaired) electrons. The Balaban J connectivity index is 2.11. The van der Waals surface area contributed by atoms with E-state index in [2.05, 4.69) is 22.9 Å². The van der Waals surface area contributed by atoms with Gasteiger partial charge in [0.2, 0.25) is 0 Å². The van der Waals surface area contributed by atoms with Crippen molar-refractivity contribution < 1.29 is 4.74 Å². The smallest absolute Gasteiger partial charge is 0.139 e. The normalized spacial score (nSPS) is 10.8. The second-order valence-corrected chi connectivity index (χ2v) is 6.69. The molecule has 0 heterocycles. The van der Waals surface area contributed by atoms with Crippen LogP contribution in [0.4, 0.5) is 0 Å². The fraction of sp³-hybridized carbons (Fsp3) is 0.625. The lowest BCUT2D eigenvalue weighted by molar-refractivity contribution is 0.304. The maximum absolute atomic E-state index is 6.10. The van der Waals surface area contributed by atoms with Gasteiger partial charge in [0.05, 0.1) is 16.7 Å². The van der Waals surface area contributed by atoms with Crippen LogP contribution in [0.3, 0.4) is 0 Å². The highest BCUT2D eigenvalue weighted by atomic mass is 79.9. The topological polar surface area (TPSA) is 9.23 Å². The molecule has 0 aliphatic rings. The summed E-state index contributed by atoms with van der Waals surface area (Å²) in [6.07, 6.45) is 10.3. The molecule has 0 aromatic heterocycles. The van der Waals surface area contributed by atoms with Crippen LogP contribution in [0.1, 0.15) is 58.3 Å². The van der Waals surface area contributed by atoms with Gasteiger partial charge in [0, 0.05) is 10.5 Å². The molecule has 114 valence electrons. The van der Waals surface area contributed by atoms with Crippen molar-refractivity contribution in [3.05, 3.63) is 26.7 Å². The third kappa shape index (κ3) is 7.19. The number of unbranched alkanes of at least 4 members (excludes halogenated alkanes) is 7. The standard InChI is InChI=1S/C16H23BrCl2O/c1-2-3-4-5-6-7-8-9-10-20-16-12-14(18)13(17)11-15(16)19/h11-12H,2-10H2,1H3. The Morgan fingerprint density at radius 3 is 2.15 bits per heavy atom. The van der Waals surface area contributed by atoms with Crippen LogP contribution in [0, 0.1) is 0 Å². The highest BCUT2D eigenvalue weighted by Crippen LogP contribution is 2.34. The van der Waals surface area contributed by atoms with Gasteiger partial charge < -0.3 is 4.74 Å². The summed E-state index contributed by atoms with van der Waals surface area (Å²) in [5, 5.41) is 1.22. The third-order valence-corrected chi connectivity index (χ3v) is 4.72. The van der Waals surface area contributed by atoms with E-state index in [-0.39, 0.29) is 0 Å². The first-order valence-corrected chi connectivity index (χ1v) is 8.97. The molecule has 1 aromatic rings. The zero-order valence-electron chi connectivity index (χ0n) is 12.1. The van der Waals surface area contributed by atoms with Crippen molar-refractivity contribution in [2.75, 3.05) is 6.61 Å². The average Bonchev–Trinajstić information content (AvgIpc) is 2.42. The summed E-state index contributed by atoms with van der Waals surface area (Å²) >= 11 is 15.5. The Labute approximate surface area is 141 Å². The van der Waals surface area contributed by atoms with E-state index < -0.39 is 0 Å². The molecule has 0 bridgehead atoms. The number of rotatable bonds is 10. The van der Waals surface area contributed by atoms with E-state index in [1.807, 2.05) is 0 Å². The van der Waals surface area contributed by atoms with Crippen molar-refractivity contribution >= 4 is 39.1 Å². The first-order valence-electron chi connectivity index (χ1n) is 7.42. The van der Waals surface area contributed by atoms with E-state index in [4.69, 9.17) is 27.9 Å². The highest BCUT2D eigenvalue weighted by molar-refractivity contribution is 9.10. The van der Waals surface area contributed by atoms with Crippen molar-refractivity contribution in [1.29, 1.82) is 0 Å². The van der Waals surface area contributed by atoms with Gasteiger partial charge in [-0.1, -0.05) is 75.1 Å². The summed E-state index contributed by atoms with van der Waals surface area (Å²) in [6, 6.07) is 3.53. The number of halogens is 3. The first kappa shape index (κ1) is 18.1. The van der Waals surface area contributed by atoms with Crippen LogP contribution in [0.25, 0.3) is 0 Å². The predicted octanol–water partition coefficient (Wildman–Crippen LogP) is 7.28. The van der Waals surface area contributed by atoms with E-state index in [0.29, 0.717) is 22.4 Å². The van der Waals surface area contributed by atoms with Gasteiger partial charge in [0.1, 0.15) is 5.75 Å². The summed E-state index contributed by atoms with van der Waals surface area (Å²) in [5.41, 5.74) is 0. The van der Waals surface area contributed by atoms with Gasteiger partial charge in [0.25, 0.3) is 0 Å². The molecule has 0 N–H and O–H groups in total. The Bertz CT molecular complexity index is 396. The van der Waals surface area contributed by atoms with Gasteiger partial charge >= 0.3 is 0 Å². The minimum Gasteiger partial charge on any atom is -0.492 e. The molecule has 0 saturated heterocycles. The molecule has 0 amide bonds. The molecule has 1 nitrogen and oxygen atoms in total. The van der Waals surface area contributed by atoms with Crippen molar-refractivity contribution in [2.45, 2.75) is 58.3 Å². The lowest BCUT2D eigenvalue weighted by Gasteiger charge is -2.09. The summed E-state index contributed by atoms with van der Waals surface area (Å²) in [6.45, 7) is 2.95. The fourth-order valence-electron chi connectivity index (χ4n) is 2.03. The van der Waals surface area contributed by atoms with E-state index in [1.165, 1.54) is 44.9 Å². The fourth-order valence-corrected chi connectivity index (χ4v) is 2.88. The van der Waals surface area contributed by atoms with Crippen LogP contribution < -0.4 is 4.74 Å². The van der Waals surface area contributed by atoms with Crippen LogP contribution in [0.15, 0.2) is 16.6 Å². The van der Waals surface area contributed by atoms with E-state index >= 15 is 0 Å². The molecule has 20 heavy (non-hydrogen) atoms. The summed E-state index contributed by atoms with van der Waals surface area (Å²) < 4.78 is 6.48. The quantitative estimate of drug-likeness (QED) is 0.305. The van der Waals surface area contributed by atoms with Crippen molar-refractivity contribution in [3.63, 3.8) is 0 Å². The zero-order valence-corrected chi connectivity index (χ0v) is 15.2. The zero-order chi connectivity index (χ0) is 14.8. The van der Waals surface area contributed by atoms with Crippen molar-refractivity contribution in [3.8, 4) is 5.75 Å². The highest BCUT2D eigenvalue weighted by Gasteiger charge is 2.06. The molecule has 0 aliphatic heterocycles. The average molecular weight is 382 g/mol. The van der Waals surface area contributed by atoms with Crippen LogP contribution in [-0.4, -0.2) is 6.61 Å². The van der Waals surface area contributed by atoms with E-state index in [0.717, 1.165) is 10.9 Å². The van der Waals surface area contributed by atoms with Gasteiger partial charge in [-0.05, 0) is 28.4 Å². The molecule has 0 aliphatic carbocycles. The second kappa shape index (κ2) is 10.8. The van der Waals surface area contributed by atoms with Gasteiger partial charge in [-0.25, -0.2) is 0 Å². The summed E-state index contributed by atoms with van der Waals surface area (Å²) in [5.74, 6) is 0.669. The van der Waals surface area contributed by atoms with E-state index in [9.17, 15) is 0 Å². The first-order chi connectivity index (χ1) is 9.65. The maximum Gasteiger partial charge on any atom is 0.139 e. The monoisotopic (exact) mass is 380 g/mol. The number of hydrogen-bond donors (Lipinski definition) is 0. The Morgan fingerprint density at radius 1 is 0.900 bits per heavy atom. The lowest BCUT2D eigenvalue weighted by atomic mass is 10.1. The second-order valence-electron chi connectivity index (χ2n) is 5.02. The Kier molecular flexibility index (Phi) is 9.75. The molecule has 1 rings (SSSR count). The summed E-state index contributed by atoms with van der Waals surface area (Å²) in [7, 11) is 0. The van der Waals surface area contributed by atoms with E-state index in [1.54, 1.807) is 12.1 Å². The largest absolute Gasteiger partial charge is 0.492 e. The van der Waals surface area contributed by atoms with Crippen molar-refractivity contribution in [1.82, 2.24) is 0 Å². The van der Waals surface area contributed by atoms with Gasteiger partial charge in [0.15, 0.2) is 0 Å². The van der Waals surface area contributed by atoms with Crippen LogP contribution in [0.5, 0.6) is 5.75 Å². The van der Waals surface area contributed by atoms with Gasteiger partial charge in [-0.2, -0.15) is 0 Å². The number of benzene rings is 1. The molecule has 1 aromatic carbocycles. The molecule has 0 spiro atoms. The minimum absolute atomic E-state index is 0.598. The molecule has 0 unspecified atom stereocenters. The Morgan fingerprint density at radius 2 is 1.50 bits per heavy atom. The number of ether oxygens (including phenoxy) is 1. The van der Waals surface area contributed by atoms with Crippen LogP contribution in [0.2, 0.25) is 10.0 Å². The summed E-state index contributed by atoms with van der Waals surface area (Å²) in [4.78, 5) is 0. The number of hydrogen-bond acceptors (Lipinski definition) is 1. The molecule has 0 saturated carbocycles. The van der Waals surface area contributed by atoms with Crippen LogP contribution in [-0.2, 0) is 0 Å². The molecule has 0 fully saturated rings. The van der Waals surface area contributed by atoms with Gasteiger partial charge in [-0.15, -0.1) is 0 Å². The molecule has 0 atom stereocenters. The Hall–Kier alpha value is 0.0800. The molecule has 4 heteroatoms. The molecular formula is C16H23BrCl2O. The minimum atomic E-state index is 0.598. The van der Waals surface area contributed by atoms with Crippen molar-refractivity contribution in [2.24, 2.45) is 0 Å². The van der Waals surface area contributed by atoms with Gasteiger partial charge in [-0.3, -0.25) is 0 Å². The molecular weight excluding hydrogens is 359 g/mol. The SMILES string of the molecule is CCCCCCCCCCOc1cc(Cl)c(Br)cc1Cl.